The number of amides is 1. The van der Waals surface area contributed by atoms with Crippen LogP contribution in [0.4, 0.5) is 5.69 Å². The van der Waals surface area contributed by atoms with Crippen LogP contribution in [0.5, 0.6) is 11.5 Å². The summed E-state index contributed by atoms with van der Waals surface area (Å²) < 4.78 is 10.6. The van der Waals surface area contributed by atoms with Crippen molar-refractivity contribution in [3.05, 3.63) is 95.1 Å². The lowest BCUT2D eigenvalue weighted by Gasteiger charge is -2.25. The number of aliphatic hydroxyl groups excluding tert-OH is 1. The third-order valence-electron chi connectivity index (χ3n) is 5.55. The Hall–Kier alpha value is -4.06. The van der Waals surface area contributed by atoms with Crippen molar-refractivity contribution in [2.75, 3.05) is 19.1 Å². The molecule has 3 aromatic rings. The molecule has 1 heterocycles. The van der Waals surface area contributed by atoms with E-state index in [1.165, 1.54) is 12.0 Å². The summed E-state index contributed by atoms with van der Waals surface area (Å²) in [7, 11) is 3.05. The molecule has 32 heavy (non-hydrogen) atoms. The SMILES string of the molecule is COc1ccc(C2/C(=C(/O)c3ccccc3OC)C(=O)C(=O)N2c2ccc(C)cc2)cc1. The van der Waals surface area contributed by atoms with E-state index >= 15 is 0 Å². The summed E-state index contributed by atoms with van der Waals surface area (Å²) in [6.07, 6.45) is 0. The van der Waals surface area contributed by atoms with Crippen LogP contribution in [-0.4, -0.2) is 31.0 Å². The van der Waals surface area contributed by atoms with E-state index in [2.05, 4.69) is 0 Å². The summed E-state index contributed by atoms with van der Waals surface area (Å²) in [6, 6.07) is 20.4. The lowest BCUT2D eigenvalue weighted by Crippen LogP contribution is -2.29. The molecule has 6 heteroatoms. The molecule has 1 fully saturated rings. The van der Waals surface area contributed by atoms with Crippen LogP contribution in [0.25, 0.3) is 5.76 Å². The van der Waals surface area contributed by atoms with E-state index < -0.39 is 17.7 Å². The molecule has 1 aliphatic heterocycles. The summed E-state index contributed by atoms with van der Waals surface area (Å²) in [5.74, 6) is -0.692. The number of Topliss-reactive ketones (excluding diaryl/α,β-unsaturated/α-hetero) is 1. The molecule has 1 unspecified atom stereocenters. The Morgan fingerprint density at radius 1 is 0.875 bits per heavy atom. The van der Waals surface area contributed by atoms with E-state index in [-0.39, 0.29) is 11.3 Å². The Morgan fingerprint density at radius 2 is 1.53 bits per heavy atom. The molecule has 0 aliphatic carbocycles. The van der Waals surface area contributed by atoms with Gasteiger partial charge in [-0.05, 0) is 48.9 Å². The molecule has 1 aliphatic rings. The second kappa shape index (κ2) is 8.59. The number of methoxy groups -OCH3 is 2. The van der Waals surface area contributed by atoms with Gasteiger partial charge in [-0.15, -0.1) is 0 Å². The Labute approximate surface area is 186 Å². The predicted octanol–water partition coefficient (Wildman–Crippen LogP) is 4.64. The Bertz CT molecular complexity index is 1200. The first-order chi connectivity index (χ1) is 15.5. The minimum absolute atomic E-state index is 0.00485. The summed E-state index contributed by atoms with van der Waals surface area (Å²) in [5.41, 5.74) is 2.61. The number of para-hydroxylation sites is 1. The highest BCUT2D eigenvalue weighted by molar-refractivity contribution is 6.51. The number of ketones is 1. The van der Waals surface area contributed by atoms with Crippen LogP contribution in [0, 0.1) is 6.92 Å². The summed E-state index contributed by atoms with van der Waals surface area (Å²) in [5, 5.41) is 11.2. The van der Waals surface area contributed by atoms with Crippen molar-refractivity contribution in [1.82, 2.24) is 0 Å². The van der Waals surface area contributed by atoms with Crippen molar-refractivity contribution in [2.45, 2.75) is 13.0 Å². The minimum atomic E-state index is -0.812. The normalized spacial score (nSPS) is 17.5. The van der Waals surface area contributed by atoms with Gasteiger partial charge in [0.05, 0.1) is 31.4 Å². The number of carbonyl (C=O) groups is 2. The predicted molar refractivity (Wildman–Crippen MR) is 122 cm³/mol. The Balaban J connectivity index is 1.95. The molecule has 162 valence electrons. The van der Waals surface area contributed by atoms with Gasteiger partial charge in [0, 0.05) is 5.69 Å². The van der Waals surface area contributed by atoms with Crippen molar-refractivity contribution < 1.29 is 24.2 Å². The average Bonchev–Trinajstić information content (AvgIpc) is 3.09. The molecule has 0 saturated carbocycles. The largest absolute Gasteiger partial charge is 0.507 e. The zero-order valence-electron chi connectivity index (χ0n) is 18.0. The summed E-state index contributed by atoms with van der Waals surface area (Å²) in [6.45, 7) is 1.94. The van der Waals surface area contributed by atoms with Crippen molar-refractivity contribution in [1.29, 1.82) is 0 Å². The quantitative estimate of drug-likeness (QED) is 0.363. The monoisotopic (exact) mass is 429 g/mol. The number of ether oxygens (including phenoxy) is 2. The molecular formula is C26H23NO5. The number of rotatable bonds is 5. The molecule has 0 spiro atoms. The van der Waals surface area contributed by atoms with Crippen molar-refractivity contribution >= 4 is 23.1 Å². The fraction of sp³-hybridized carbons (Fsp3) is 0.154. The van der Waals surface area contributed by atoms with Gasteiger partial charge in [0.1, 0.15) is 17.3 Å². The number of hydrogen-bond donors (Lipinski definition) is 1. The number of benzene rings is 3. The van der Waals surface area contributed by atoms with Crippen molar-refractivity contribution in [3.8, 4) is 11.5 Å². The smallest absolute Gasteiger partial charge is 0.300 e. The second-order valence-corrected chi connectivity index (χ2v) is 7.48. The summed E-state index contributed by atoms with van der Waals surface area (Å²) in [4.78, 5) is 27.8. The maximum absolute atomic E-state index is 13.2. The van der Waals surface area contributed by atoms with E-state index in [1.807, 2.05) is 19.1 Å². The molecule has 1 atom stereocenters. The van der Waals surface area contributed by atoms with Crippen molar-refractivity contribution in [3.63, 3.8) is 0 Å². The van der Waals surface area contributed by atoms with E-state index in [9.17, 15) is 14.7 Å². The number of hydrogen-bond acceptors (Lipinski definition) is 5. The van der Waals surface area contributed by atoms with Gasteiger partial charge in [-0.2, -0.15) is 0 Å². The highest BCUT2D eigenvalue weighted by Crippen LogP contribution is 2.43. The molecule has 1 saturated heterocycles. The standard InChI is InChI=1S/C26H23NO5/c1-16-8-12-18(13-9-16)27-23(17-10-14-19(31-2)15-11-17)22(25(29)26(27)30)24(28)20-6-4-5-7-21(20)32-3/h4-15,23,28H,1-3H3/b24-22-. The van der Waals surface area contributed by atoms with Gasteiger partial charge in [-0.3, -0.25) is 14.5 Å². The first-order valence-electron chi connectivity index (χ1n) is 10.1. The molecule has 4 rings (SSSR count). The van der Waals surface area contributed by atoms with Crippen LogP contribution in [0.15, 0.2) is 78.4 Å². The fourth-order valence-corrected chi connectivity index (χ4v) is 3.89. The van der Waals surface area contributed by atoms with E-state index in [1.54, 1.807) is 67.8 Å². The first-order valence-corrected chi connectivity index (χ1v) is 10.1. The second-order valence-electron chi connectivity index (χ2n) is 7.48. The molecule has 0 bridgehead atoms. The number of aryl methyl sites for hydroxylation is 1. The van der Waals surface area contributed by atoms with Gasteiger partial charge in [0.2, 0.25) is 0 Å². The first kappa shape index (κ1) is 21.2. The molecular weight excluding hydrogens is 406 g/mol. The topological polar surface area (TPSA) is 76.1 Å². The molecule has 0 radical (unpaired) electrons. The summed E-state index contributed by atoms with van der Waals surface area (Å²) >= 11 is 0. The number of anilines is 1. The van der Waals surface area contributed by atoms with Crippen LogP contribution in [0.3, 0.4) is 0 Å². The highest BCUT2D eigenvalue weighted by Gasteiger charge is 2.47. The Morgan fingerprint density at radius 3 is 2.16 bits per heavy atom. The van der Waals surface area contributed by atoms with E-state index in [0.717, 1.165) is 5.56 Å². The maximum Gasteiger partial charge on any atom is 0.300 e. The number of nitrogens with zero attached hydrogens (tertiary/aromatic N) is 1. The van der Waals surface area contributed by atoms with Gasteiger partial charge in [0.15, 0.2) is 0 Å². The zero-order chi connectivity index (χ0) is 22.8. The molecule has 6 nitrogen and oxygen atoms in total. The molecule has 0 aromatic heterocycles. The average molecular weight is 429 g/mol. The van der Waals surface area contributed by atoms with E-state index in [4.69, 9.17) is 9.47 Å². The van der Waals surface area contributed by atoms with Crippen molar-refractivity contribution in [2.24, 2.45) is 0 Å². The highest BCUT2D eigenvalue weighted by atomic mass is 16.5. The zero-order valence-corrected chi connectivity index (χ0v) is 18.0. The number of aliphatic hydroxyl groups is 1. The van der Waals surface area contributed by atoms with Crippen LogP contribution in [0.2, 0.25) is 0 Å². The van der Waals surface area contributed by atoms with Crippen LogP contribution < -0.4 is 14.4 Å². The third kappa shape index (κ3) is 3.60. The van der Waals surface area contributed by atoms with Gasteiger partial charge in [0.25, 0.3) is 11.7 Å². The van der Waals surface area contributed by atoms with Gasteiger partial charge >= 0.3 is 0 Å². The molecule has 1 amide bonds. The van der Waals surface area contributed by atoms with Crippen LogP contribution in [-0.2, 0) is 9.59 Å². The third-order valence-corrected chi connectivity index (χ3v) is 5.55. The van der Waals surface area contributed by atoms with Crippen LogP contribution in [0.1, 0.15) is 22.7 Å². The van der Waals surface area contributed by atoms with Crippen LogP contribution >= 0.6 is 0 Å². The lowest BCUT2D eigenvalue weighted by molar-refractivity contribution is -0.132. The lowest BCUT2D eigenvalue weighted by atomic mass is 9.94. The van der Waals surface area contributed by atoms with Gasteiger partial charge in [-0.25, -0.2) is 0 Å². The fourth-order valence-electron chi connectivity index (χ4n) is 3.89. The minimum Gasteiger partial charge on any atom is -0.507 e. The van der Waals surface area contributed by atoms with Gasteiger partial charge < -0.3 is 14.6 Å². The van der Waals surface area contributed by atoms with E-state index in [0.29, 0.717) is 28.3 Å². The van der Waals surface area contributed by atoms with Gasteiger partial charge in [-0.1, -0.05) is 42.0 Å². The Kier molecular flexibility index (Phi) is 5.69. The molecule has 3 aromatic carbocycles. The molecule has 1 N–H and O–H groups in total. The maximum atomic E-state index is 13.2. The number of carbonyl (C=O) groups excluding carboxylic acids is 2.